The molecule has 0 aromatic rings. The van der Waals surface area contributed by atoms with Crippen molar-refractivity contribution in [3.05, 3.63) is 0 Å². The molecule has 1 fully saturated rings. The van der Waals surface area contributed by atoms with Crippen molar-refractivity contribution in [2.45, 2.75) is 65.0 Å². The summed E-state index contributed by atoms with van der Waals surface area (Å²) in [4.78, 5) is 14.3. The summed E-state index contributed by atoms with van der Waals surface area (Å²) in [5.41, 5.74) is 5.24. The largest absolute Gasteiger partial charge is 0.465 e. The number of esters is 1. The van der Waals surface area contributed by atoms with Gasteiger partial charge in [0.1, 0.15) is 5.54 Å². The van der Waals surface area contributed by atoms with Gasteiger partial charge in [-0.3, -0.25) is 4.79 Å². The summed E-state index contributed by atoms with van der Waals surface area (Å²) < 4.78 is 5.05. The van der Waals surface area contributed by atoms with Crippen LogP contribution in [0.25, 0.3) is 0 Å². The molecule has 19 heavy (non-hydrogen) atoms. The van der Waals surface area contributed by atoms with E-state index in [4.69, 9.17) is 10.5 Å². The molecule has 1 aliphatic rings. The van der Waals surface area contributed by atoms with Crippen LogP contribution in [0.3, 0.4) is 0 Å². The summed E-state index contributed by atoms with van der Waals surface area (Å²) in [7, 11) is 0. The molecule has 3 atom stereocenters. The van der Waals surface area contributed by atoms with Gasteiger partial charge in [0, 0.05) is 6.04 Å². The zero-order valence-electron chi connectivity index (χ0n) is 12.9. The van der Waals surface area contributed by atoms with Gasteiger partial charge in [0.15, 0.2) is 0 Å². The number of carbonyl (C=O) groups excluding carboxylic acids is 1. The topological polar surface area (TPSA) is 55.6 Å². The van der Waals surface area contributed by atoms with Crippen LogP contribution in [-0.2, 0) is 9.53 Å². The minimum absolute atomic E-state index is 0.287. The van der Waals surface area contributed by atoms with Crippen molar-refractivity contribution in [1.82, 2.24) is 4.90 Å². The molecule has 4 nitrogen and oxygen atoms in total. The van der Waals surface area contributed by atoms with E-state index in [2.05, 4.69) is 18.7 Å². The zero-order valence-corrected chi connectivity index (χ0v) is 12.9. The highest BCUT2D eigenvalue weighted by Gasteiger charge is 2.33. The zero-order chi connectivity index (χ0) is 14.5. The first kappa shape index (κ1) is 16.4. The van der Waals surface area contributed by atoms with Gasteiger partial charge in [-0.1, -0.05) is 6.92 Å². The fraction of sp³-hybridized carbons (Fsp3) is 0.933. The Bertz CT molecular complexity index is 292. The minimum atomic E-state index is -0.882. The van der Waals surface area contributed by atoms with E-state index in [1.165, 1.54) is 19.3 Å². The summed E-state index contributed by atoms with van der Waals surface area (Å²) >= 11 is 0. The van der Waals surface area contributed by atoms with E-state index in [9.17, 15) is 4.79 Å². The molecule has 2 N–H and O–H groups in total. The molecule has 1 saturated heterocycles. The van der Waals surface area contributed by atoms with Crippen LogP contribution in [0.2, 0.25) is 0 Å². The van der Waals surface area contributed by atoms with E-state index in [0.29, 0.717) is 19.1 Å². The van der Waals surface area contributed by atoms with Crippen molar-refractivity contribution in [2.24, 2.45) is 11.7 Å². The Labute approximate surface area is 117 Å². The molecule has 1 heterocycles. The molecule has 1 aliphatic heterocycles. The van der Waals surface area contributed by atoms with Crippen LogP contribution in [0.5, 0.6) is 0 Å². The van der Waals surface area contributed by atoms with Gasteiger partial charge in [-0.05, 0) is 65.5 Å². The minimum Gasteiger partial charge on any atom is -0.465 e. The lowest BCUT2D eigenvalue weighted by atomic mass is 9.94. The van der Waals surface area contributed by atoms with Crippen molar-refractivity contribution in [2.75, 3.05) is 19.7 Å². The summed E-state index contributed by atoms with van der Waals surface area (Å²) in [6.45, 7) is 10.7. The summed E-state index contributed by atoms with van der Waals surface area (Å²) in [5.74, 6) is 0.525. The van der Waals surface area contributed by atoms with E-state index in [-0.39, 0.29) is 5.97 Å². The van der Waals surface area contributed by atoms with Gasteiger partial charge < -0.3 is 15.4 Å². The SMILES string of the molecule is CCOC(=O)C(C)(N)CC(C)N1CCCC(C)CC1. The van der Waals surface area contributed by atoms with Crippen LogP contribution in [0, 0.1) is 5.92 Å². The number of carbonyl (C=O) groups is 1. The second-order valence-corrected chi connectivity index (χ2v) is 6.26. The fourth-order valence-electron chi connectivity index (χ4n) is 2.85. The van der Waals surface area contributed by atoms with E-state index >= 15 is 0 Å². The smallest absolute Gasteiger partial charge is 0.325 e. The molecule has 4 heteroatoms. The lowest BCUT2D eigenvalue weighted by molar-refractivity contribution is -0.149. The average Bonchev–Trinajstić information content (AvgIpc) is 2.53. The quantitative estimate of drug-likeness (QED) is 0.778. The molecule has 0 amide bonds. The third-order valence-corrected chi connectivity index (χ3v) is 4.14. The Balaban J connectivity index is 2.52. The lowest BCUT2D eigenvalue weighted by Gasteiger charge is -2.33. The maximum absolute atomic E-state index is 11.8. The van der Waals surface area contributed by atoms with Crippen molar-refractivity contribution >= 4 is 5.97 Å². The molecular weight excluding hydrogens is 240 g/mol. The van der Waals surface area contributed by atoms with Gasteiger partial charge in [0.25, 0.3) is 0 Å². The van der Waals surface area contributed by atoms with Crippen molar-refractivity contribution in [3.63, 3.8) is 0 Å². The van der Waals surface area contributed by atoms with Crippen LogP contribution in [0.1, 0.15) is 53.4 Å². The highest BCUT2D eigenvalue weighted by atomic mass is 16.5. The fourth-order valence-corrected chi connectivity index (χ4v) is 2.85. The first-order valence-corrected chi connectivity index (χ1v) is 7.57. The number of rotatable bonds is 5. The van der Waals surface area contributed by atoms with Crippen molar-refractivity contribution in [3.8, 4) is 0 Å². The van der Waals surface area contributed by atoms with Crippen LogP contribution >= 0.6 is 0 Å². The number of ether oxygens (including phenoxy) is 1. The van der Waals surface area contributed by atoms with Crippen LogP contribution in [-0.4, -0.2) is 42.1 Å². The highest BCUT2D eigenvalue weighted by Crippen LogP contribution is 2.22. The second-order valence-electron chi connectivity index (χ2n) is 6.26. The number of likely N-dealkylation sites (tertiary alicyclic amines) is 1. The molecule has 0 saturated carbocycles. The van der Waals surface area contributed by atoms with Crippen LogP contribution < -0.4 is 5.73 Å². The normalized spacial score (nSPS) is 26.3. The van der Waals surface area contributed by atoms with E-state index in [0.717, 1.165) is 19.0 Å². The maximum atomic E-state index is 11.8. The monoisotopic (exact) mass is 270 g/mol. The van der Waals surface area contributed by atoms with Gasteiger partial charge in [-0.2, -0.15) is 0 Å². The van der Waals surface area contributed by atoms with Gasteiger partial charge in [-0.15, -0.1) is 0 Å². The average molecular weight is 270 g/mol. The molecule has 3 unspecified atom stereocenters. The van der Waals surface area contributed by atoms with E-state index in [1.807, 2.05) is 6.92 Å². The number of nitrogens with two attached hydrogens (primary N) is 1. The third kappa shape index (κ3) is 5.11. The number of nitrogens with zero attached hydrogens (tertiary/aromatic N) is 1. The Kier molecular flexibility index (Phi) is 6.27. The van der Waals surface area contributed by atoms with Crippen LogP contribution in [0.4, 0.5) is 0 Å². The molecular formula is C15H30N2O2. The first-order valence-electron chi connectivity index (χ1n) is 7.57. The Morgan fingerprint density at radius 1 is 1.47 bits per heavy atom. The van der Waals surface area contributed by atoms with Crippen molar-refractivity contribution < 1.29 is 9.53 Å². The van der Waals surface area contributed by atoms with Crippen molar-refractivity contribution in [1.29, 1.82) is 0 Å². The molecule has 0 aromatic carbocycles. The highest BCUT2D eigenvalue weighted by molar-refractivity contribution is 5.80. The predicted molar refractivity (Wildman–Crippen MR) is 77.9 cm³/mol. The Hall–Kier alpha value is -0.610. The molecule has 0 radical (unpaired) electrons. The summed E-state index contributed by atoms with van der Waals surface area (Å²) in [5, 5.41) is 0. The third-order valence-electron chi connectivity index (χ3n) is 4.14. The Morgan fingerprint density at radius 3 is 2.79 bits per heavy atom. The van der Waals surface area contributed by atoms with Gasteiger partial charge in [0.2, 0.25) is 0 Å². The van der Waals surface area contributed by atoms with Crippen LogP contribution in [0.15, 0.2) is 0 Å². The standard InChI is InChI=1S/C15H30N2O2/c1-5-19-14(18)15(4,16)11-13(3)17-9-6-7-12(2)8-10-17/h12-13H,5-11,16H2,1-4H3. The van der Waals surface area contributed by atoms with Gasteiger partial charge in [-0.25, -0.2) is 0 Å². The maximum Gasteiger partial charge on any atom is 0.325 e. The number of hydrogen-bond donors (Lipinski definition) is 1. The second kappa shape index (κ2) is 7.25. The number of hydrogen-bond acceptors (Lipinski definition) is 4. The van der Waals surface area contributed by atoms with Gasteiger partial charge in [0.05, 0.1) is 6.61 Å². The molecule has 0 aromatic heterocycles. The Morgan fingerprint density at radius 2 is 2.16 bits per heavy atom. The van der Waals surface area contributed by atoms with Gasteiger partial charge >= 0.3 is 5.97 Å². The van der Waals surface area contributed by atoms with E-state index < -0.39 is 5.54 Å². The lowest BCUT2D eigenvalue weighted by Crippen LogP contribution is -2.51. The molecule has 0 spiro atoms. The predicted octanol–water partition coefficient (Wildman–Crippen LogP) is 2.17. The first-order chi connectivity index (χ1) is 8.86. The molecule has 1 rings (SSSR count). The van der Waals surface area contributed by atoms with E-state index in [1.54, 1.807) is 6.92 Å². The summed E-state index contributed by atoms with van der Waals surface area (Å²) in [6, 6.07) is 0.324. The molecule has 0 bridgehead atoms. The molecule has 112 valence electrons. The molecule has 0 aliphatic carbocycles. The summed E-state index contributed by atoms with van der Waals surface area (Å²) in [6.07, 6.45) is 4.44.